The fourth-order valence-electron chi connectivity index (χ4n) is 0.847. The van der Waals surface area contributed by atoms with Gasteiger partial charge >= 0.3 is 0 Å². The lowest BCUT2D eigenvalue weighted by Crippen LogP contribution is -2.00. The third-order valence-corrected chi connectivity index (χ3v) is 1.50. The van der Waals surface area contributed by atoms with Gasteiger partial charge in [-0.25, -0.2) is 9.97 Å². The van der Waals surface area contributed by atoms with Crippen LogP contribution in [0.1, 0.15) is 18.4 Å². The number of aromatic nitrogens is 2. The van der Waals surface area contributed by atoms with E-state index in [2.05, 4.69) is 9.97 Å². The zero-order chi connectivity index (χ0) is 8.97. The van der Waals surface area contributed by atoms with Crippen molar-refractivity contribution in [1.29, 1.82) is 0 Å². The van der Waals surface area contributed by atoms with Gasteiger partial charge < -0.3 is 4.74 Å². The van der Waals surface area contributed by atoms with Crippen LogP contribution < -0.4 is 0 Å². The Balaban J connectivity index is 2.72. The van der Waals surface area contributed by atoms with E-state index in [-0.39, 0.29) is 0 Å². The topological polar surface area (TPSA) is 35.0 Å². The Labute approximate surface area is 76.7 Å². The van der Waals surface area contributed by atoms with Gasteiger partial charge in [0.15, 0.2) is 5.82 Å². The lowest BCUT2D eigenvalue weighted by atomic mass is 10.4. The van der Waals surface area contributed by atoms with Crippen molar-refractivity contribution in [3.63, 3.8) is 0 Å². The molecule has 0 spiro atoms. The number of ether oxygens (including phenoxy) is 1. The van der Waals surface area contributed by atoms with Crippen molar-refractivity contribution in [1.82, 2.24) is 9.97 Å². The first-order valence-corrected chi connectivity index (χ1v) is 4.18. The van der Waals surface area contributed by atoms with Gasteiger partial charge in [0, 0.05) is 12.3 Å². The highest BCUT2D eigenvalue weighted by Crippen LogP contribution is 2.06. The van der Waals surface area contributed by atoms with Gasteiger partial charge in [0.05, 0.1) is 0 Å². The molecule has 0 unspecified atom stereocenters. The molecular formula is C8H11ClN2O. The van der Waals surface area contributed by atoms with Crippen molar-refractivity contribution in [2.24, 2.45) is 0 Å². The molecule has 12 heavy (non-hydrogen) atoms. The average molecular weight is 187 g/mol. The Bertz CT molecular complexity index is 245. The minimum atomic E-state index is 0.428. The summed E-state index contributed by atoms with van der Waals surface area (Å²) < 4.78 is 5.15. The highest BCUT2D eigenvalue weighted by molar-refractivity contribution is 6.29. The largest absolute Gasteiger partial charge is 0.374 e. The van der Waals surface area contributed by atoms with E-state index in [1.807, 2.05) is 13.8 Å². The number of nitrogens with zero attached hydrogens (tertiary/aromatic N) is 2. The highest BCUT2D eigenvalue weighted by Gasteiger charge is 1.99. The van der Waals surface area contributed by atoms with Crippen molar-refractivity contribution < 1.29 is 4.74 Å². The fraction of sp³-hybridized carbons (Fsp3) is 0.500. The predicted molar refractivity (Wildman–Crippen MR) is 47.1 cm³/mol. The molecule has 0 atom stereocenters. The lowest BCUT2D eigenvalue weighted by Gasteiger charge is -2.01. The molecule has 3 nitrogen and oxygen atoms in total. The second kappa shape index (κ2) is 4.38. The van der Waals surface area contributed by atoms with Crippen molar-refractivity contribution in [3.8, 4) is 0 Å². The fourth-order valence-corrected chi connectivity index (χ4v) is 1.10. The van der Waals surface area contributed by atoms with Crippen LogP contribution in [0.3, 0.4) is 0 Å². The molecule has 4 heteroatoms. The standard InChI is InChI=1S/C8H11ClN2O/c1-3-12-5-8-10-6(2)4-7(9)11-8/h4H,3,5H2,1-2H3. The minimum Gasteiger partial charge on any atom is -0.374 e. The maximum Gasteiger partial charge on any atom is 0.155 e. The molecule has 1 aromatic rings. The van der Waals surface area contributed by atoms with Crippen molar-refractivity contribution in [2.45, 2.75) is 20.5 Å². The molecule has 0 saturated heterocycles. The number of hydrogen-bond donors (Lipinski definition) is 0. The number of halogens is 1. The molecule has 0 saturated carbocycles. The summed E-state index contributed by atoms with van der Waals surface area (Å²) in [5, 5.41) is 0.470. The summed E-state index contributed by atoms with van der Waals surface area (Å²) in [6, 6.07) is 1.72. The van der Waals surface area contributed by atoms with Crippen LogP contribution in [-0.2, 0) is 11.3 Å². The summed E-state index contributed by atoms with van der Waals surface area (Å²) in [5.41, 5.74) is 0.865. The highest BCUT2D eigenvalue weighted by atomic mass is 35.5. The van der Waals surface area contributed by atoms with Crippen molar-refractivity contribution in [2.75, 3.05) is 6.61 Å². The van der Waals surface area contributed by atoms with E-state index < -0.39 is 0 Å². The van der Waals surface area contributed by atoms with Crippen LogP contribution in [0.2, 0.25) is 5.15 Å². The first-order chi connectivity index (χ1) is 5.72. The molecule has 0 aliphatic carbocycles. The molecule has 0 aliphatic rings. The smallest absolute Gasteiger partial charge is 0.155 e. The summed E-state index contributed by atoms with van der Waals surface area (Å²) in [4.78, 5) is 8.15. The van der Waals surface area contributed by atoms with Crippen LogP contribution in [0.4, 0.5) is 0 Å². The maximum absolute atomic E-state index is 5.72. The quantitative estimate of drug-likeness (QED) is 0.678. The van der Waals surface area contributed by atoms with E-state index in [9.17, 15) is 0 Å². The Kier molecular flexibility index (Phi) is 3.44. The Morgan fingerprint density at radius 3 is 2.83 bits per heavy atom. The Morgan fingerprint density at radius 1 is 1.50 bits per heavy atom. The molecule has 0 amide bonds. The molecular weight excluding hydrogens is 176 g/mol. The van der Waals surface area contributed by atoms with Crippen LogP contribution in [0, 0.1) is 6.92 Å². The molecule has 0 N–H and O–H groups in total. The van der Waals surface area contributed by atoms with Crippen LogP contribution in [0.15, 0.2) is 6.07 Å². The molecule has 0 aliphatic heterocycles. The second-order valence-corrected chi connectivity index (χ2v) is 2.77. The predicted octanol–water partition coefficient (Wildman–Crippen LogP) is 1.97. The Morgan fingerprint density at radius 2 is 2.25 bits per heavy atom. The third kappa shape index (κ3) is 2.75. The second-order valence-electron chi connectivity index (χ2n) is 2.39. The third-order valence-electron chi connectivity index (χ3n) is 1.30. The zero-order valence-corrected chi connectivity index (χ0v) is 7.93. The first kappa shape index (κ1) is 9.42. The number of rotatable bonds is 3. The van der Waals surface area contributed by atoms with Gasteiger partial charge in [-0.1, -0.05) is 11.6 Å². The van der Waals surface area contributed by atoms with E-state index in [1.54, 1.807) is 6.07 Å². The van der Waals surface area contributed by atoms with Gasteiger partial charge in [-0.2, -0.15) is 0 Å². The van der Waals surface area contributed by atoms with Gasteiger partial charge in [0.25, 0.3) is 0 Å². The zero-order valence-electron chi connectivity index (χ0n) is 7.17. The lowest BCUT2D eigenvalue weighted by molar-refractivity contribution is 0.128. The van der Waals surface area contributed by atoms with Crippen LogP contribution in [0.25, 0.3) is 0 Å². The summed E-state index contributed by atoms with van der Waals surface area (Å²) in [5.74, 6) is 0.641. The number of aryl methyl sites for hydroxylation is 1. The van der Waals surface area contributed by atoms with Crippen LogP contribution in [0.5, 0.6) is 0 Å². The van der Waals surface area contributed by atoms with E-state index in [0.717, 1.165) is 5.69 Å². The molecule has 0 aromatic carbocycles. The van der Waals surface area contributed by atoms with E-state index >= 15 is 0 Å². The van der Waals surface area contributed by atoms with Gasteiger partial charge in [0.1, 0.15) is 11.8 Å². The molecule has 1 aromatic heterocycles. The monoisotopic (exact) mass is 186 g/mol. The maximum atomic E-state index is 5.72. The summed E-state index contributed by atoms with van der Waals surface area (Å²) >= 11 is 5.72. The minimum absolute atomic E-state index is 0.428. The summed E-state index contributed by atoms with van der Waals surface area (Å²) in [7, 11) is 0. The number of hydrogen-bond acceptors (Lipinski definition) is 3. The normalized spacial score (nSPS) is 10.2. The molecule has 1 rings (SSSR count). The van der Waals surface area contributed by atoms with Gasteiger partial charge in [0.2, 0.25) is 0 Å². The molecule has 0 fully saturated rings. The van der Waals surface area contributed by atoms with Crippen molar-refractivity contribution in [3.05, 3.63) is 22.7 Å². The molecule has 66 valence electrons. The van der Waals surface area contributed by atoms with Crippen LogP contribution in [-0.4, -0.2) is 16.6 Å². The average Bonchev–Trinajstić information content (AvgIpc) is 1.99. The summed E-state index contributed by atoms with van der Waals surface area (Å²) in [6.45, 7) is 4.90. The van der Waals surface area contributed by atoms with Gasteiger partial charge in [-0.05, 0) is 19.9 Å². The molecule has 1 heterocycles. The van der Waals surface area contributed by atoms with E-state index in [0.29, 0.717) is 24.2 Å². The van der Waals surface area contributed by atoms with Crippen LogP contribution >= 0.6 is 11.6 Å². The first-order valence-electron chi connectivity index (χ1n) is 3.80. The van der Waals surface area contributed by atoms with Crippen molar-refractivity contribution >= 4 is 11.6 Å². The van der Waals surface area contributed by atoms with E-state index in [1.165, 1.54) is 0 Å². The van der Waals surface area contributed by atoms with Gasteiger partial charge in [-0.3, -0.25) is 0 Å². The summed E-state index contributed by atoms with van der Waals surface area (Å²) in [6.07, 6.45) is 0. The van der Waals surface area contributed by atoms with E-state index in [4.69, 9.17) is 16.3 Å². The van der Waals surface area contributed by atoms with Gasteiger partial charge in [-0.15, -0.1) is 0 Å². The molecule has 0 bridgehead atoms. The SMILES string of the molecule is CCOCc1nc(C)cc(Cl)n1. The Hall–Kier alpha value is -0.670. The molecule has 0 radical (unpaired) electrons.